The van der Waals surface area contributed by atoms with E-state index in [0.717, 1.165) is 32.2 Å². The molecule has 1 atom stereocenters. The van der Waals surface area contributed by atoms with Crippen LogP contribution in [0.5, 0.6) is 5.75 Å². The van der Waals surface area contributed by atoms with Crippen molar-refractivity contribution in [1.82, 2.24) is 4.90 Å². The number of hydrogen-bond donors (Lipinski definition) is 1. The van der Waals surface area contributed by atoms with Crippen LogP contribution in [0.25, 0.3) is 0 Å². The van der Waals surface area contributed by atoms with E-state index in [2.05, 4.69) is 12.2 Å². The number of benzene rings is 1. The molecule has 24 heavy (non-hydrogen) atoms. The number of ether oxygens (including phenoxy) is 1. The van der Waals surface area contributed by atoms with Crippen molar-refractivity contribution in [3.05, 3.63) is 24.3 Å². The third kappa shape index (κ3) is 4.98. The van der Waals surface area contributed by atoms with E-state index in [9.17, 15) is 9.59 Å². The lowest BCUT2D eigenvalue weighted by Gasteiger charge is -2.35. The number of nitrogens with one attached hydrogen (secondary N) is 1. The summed E-state index contributed by atoms with van der Waals surface area (Å²) in [6, 6.07) is 7.57. The standard InChI is InChI=1S/C19H28N2O3/c1-4-15-9-7-8-12-21(15)19(23)13-18(22)20-16-10-5-6-11-17(16)24-14(2)3/h5-6,10-11,14-15H,4,7-9,12-13H2,1-3H3,(H,20,22). The van der Waals surface area contributed by atoms with Crippen LogP contribution < -0.4 is 10.1 Å². The third-order valence-corrected chi connectivity index (χ3v) is 4.25. The van der Waals surface area contributed by atoms with Gasteiger partial charge >= 0.3 is 0 Å². The van der Waals surface area contributed by atoms with Crippen molar-refractivity contribution in [2.75, 3.05) is 11.9 Å². The van der Waals surface area contributed by atoms with E-state index in [-0.39, 0.29) is 30.4 Å². The van der Waals surface area contributed by atoms with Gasteiger partial charge in [0, 0.05) is 12.6 Å². The average Bonchev–Trinajstić information content (AvgIpc) is 2.56. The molecule has 2 amide bonds. The Kier molecular flexibility index (Phi) is 6.64. The summed E-state index contributed by atoms with van der Waals surface area (Å²) < 4.78 is 5.69. The Balaban J connectivity index is 1.97. The number of para-hydroxylation sites is 2. The number of carbonyl (C=O) groups is 2. The summed E-state index contributed by atoms with van der Waals surface area (Å²) in [7, 11) is 0. The van der Waals surface area contributed by atoms with Gasteiger partial charge in [0.25, 0.3) is 0 Å². The number of nitrogens with zero attached hydrogens (tertiary/aromatic N) is 1. The number of rotatable bonds is 6. The van der Waals surface area contributed by atoms with E-state index in [4.69, 9.17) is 4.74 Å². The topological polar surface area (TPSA) is 58.6 Å². The van der Waals surface area contributed by atoms with Gasteiger partial charge in [0.15, 0.2) is 0 Å². The molecule has 0 aliphatic carbocycles. The molecule has 1 saturated heterocycles. The van der Waals surface area contributed by atoms with Gasteiger partial charge in [-0.15, -0.1) is 0 Å². The zero-order valence-corrected chi connectivity index (χ0v) is 14.9. The van der Waals surface area contributed by atoms with Gasteiger partial charge in [-0.3, -0.25) is 9.59 Å². The Hall–Kier alpha value is -2.04. The van der Waals surface area contributed by atoms with Crippen LogP contribution in [0.2, 0.25) is 0 Å². The van der Waals surface area contributed by atoms with Gasteiger partial charge in [0.05, 0.1) is 11.8 Å². The molecule has 1 unspecified atom stereocenters. The van der Waals surface area contributed by atoms with Crippen LogP contribution in [0.1, 0.15) is 52.9 Å². The third-order valence-electron chi connectivity index (χ3n) is 4.25. The SMILES string of the molecule is CCC1CCCCN1C(=O)CC(=O)Nc1ccccc1OC(C)C. The first-order chi connectivity index (χ1) is 11.5. The van der Waals surface area contributed by atoms with Gasteiger partial charge in [-0.1, -0.05) is 19.1 Å². The largest absolute Gasteiger partial charge is 0.489 e. The fourth-order valence-electron chi connectivity index (χ4n) is 3.11. The zero-order chi connectivity index (χ0) is 17.5. The van der Waals surface area contributed by atoms with E-state index in [1.807, 2.05) is 36.9 Å². The molecule has 1 aromatic carbocycles. The van der Waals surface area contributed by atoms with Crippen LogP contribution >= 0.6 is 0 Å². The van der Waals surface area contributed by atoms with E-state index in [1.165, 1.54) is 0 Å². The molecular formula is C19H28N2O3. The first-order valence-corrected chi connectivity index (χ1v) is 8.86. The Labute approximate surface area is 144 Å². The summed E-state index contributed by atoms with van der Waals surface area (Å²) in [5.74, 6) is 0.249. The molecule has 1 aromatic rings. The highest BCUT2D eigenvalue weighted by atomic mass is 16.5. The van der Waals surface area contributed by atoms with Crippen molar-refractivity contribution in [2.45, 2.75) is 65.0 Å². The lowest BCUT2D eigenvalue weighted by molar-refractivity contribution is -0.137. The van der Waals surface area contributed by atoms with Crippen LogP contribution in [0.3, 0.4) is 0 Å². The number of piperidine rings is 1. The van der Waals surface area contributed by atoms with Crippen molar-refractivity contribution in [2.24, 2.45) is 0 Å². The van der Waals surface area contributed by atoms with Gasteiger partial charge in [-0.05, 0) is 51.7 Å². The normalized spacial score (nSPS) is 17.7. The second-order valence-electron chi connectivity index (χ2n) is 6.53. The Morgan fingerprint density at radius 1 is 1.29 bits per heavy atom. The van der Waals surface area contributed by atoms with Gasteiger partial charge in [-0.25, -0.2) is 0 Å². The number of anilines is 1. The molecule has 132 valence electrons. The molecule has 1 aliphatic heterocycles. The average molecular weight is 332 g/mol. The van der Waals surface area contributed by atoms with Crippen molar-refractivity contribution in [3.63, 3.8) is 0 Å². The first kappa shape index (κ1) is 18.3. The fraction of sp³-hybridized carbons (Fsp3) is 0.579. The molecule has 1 aliphatic rings. The maximum Gasteiger partial charge on any atom is 0.233 e. The molecule has 0 saturated carbocycles. The van der Waals surface area contributed by atoms with Gasteiger partial charge < -0.3 is 15.0 Å². The van der Waals surface area contributed by atoms with Gasteiger partial charge in [0.2, 0.25) is 11.8 Å². The summed E-state index contributed by atoms with van der Waals surface area (Å²) in [5, 5.41) is 2.81. The van der Waals surface area contributed by atoms with E-state index >= 15 is 0 Å². The number of carbonyl (C=O) groups excluding carboxylic acids is 2. The highest BCUT2D eigenvalue weighted by molar-refractivity contribution is 6.04. The molecule has 0 bridgehead atoms. The van der Waals surface area contributed by atoms with Crippen molar-refractivity contribution in [1.29, 1.82) is 0 Å². The predicted octanol–water partition coefficient (Wildman–Crippen LogP) is 3.59. The summed E-state index contributed by atoms with van der Waals surface area (Å²) in [5.41, 5.74) is 0.606. The summed E-state index contributed by atoms with van der Waals surface area (Å²) >= 11 is 0. The highest BCUT2D eigenvalue weighted by Crippen LogP contribution is 2.25. The second-order valence-corrected chi connectivity index (χ2v) is 6.53. The lowest BCUT2D eigenvalue weighted by Crippen LogP contribution is -2.44. The maximum absolute atomic E-state index is 12.5. The minimum Gasteiger partial charge on any atom is -0.489 e. The van der Waals surface area contributed by atoms with Crippen molar-refractivity contribution in [3.8, 4) is 5.75 Å². The van der Waals surface area contributed by atoms with Crippen LogP contribution in [-0.2, 0) is 9.59 Å². The summed E-state index contributed by atoms with van der Waals surface area (Å²) in [6.45, 7) is 6.72. The van der Waals surface area contributed by atoms with Gasteiger partial charge in [-0.2, -0.15) is 0 Å². The first-order valence-electron chi connectivity index (χ1n) is 8.86. The number of likely N-dealkylation sites (tertiary alicyclic amines) is 1. The number of amides is 2. The van der Waals surface area contributed by atoms with Crippen LogP contribution in [-0.4, -0.2) is 35.4 Å². The van der Waals surface area contributed by atoms with Crippen LogP contribution in [0.4, 0.5) is 5.69 Å². The van der Waals surface area contributed by atoms with Crippen LogP contribution in [0.15, 0.2) is 24.3 Å². The van der Waals surface area contributed by atoms with Crippen molar-refractivity contribution < 1.29 is 14.3 Å². The molecule has 0 aromatic heterocycles. The molecule has 1 heterocycles. The molecule has 5 nitrogen and oxygen atoms in total. The number of hydrogen-bond acceptors (Lipinski definition) is 3. The predicted molar refractivity (Wildman–Crippen MR) is 95.1 cm³/mol. The Morgan fingerprint density at radius 2 is 2.04 bits per heavy atom. The quantitative estimate of drug-likeness (QED) is 0.810. The molecule has 1 fully saturated rings. The Bertz CT molecular complexity index is 571. The molecule has 2 rings (SSSR count). The minimum absolute atomic E-state index is 0.0170. The second kappa shape index (κ2) is 8.71. The molecule has 0 radical (unpaired) electrons. The van der Waals surface area contributed by atoms with Crippen LogP contribution in [0, 0.1) is 0 Å². The van der Waals surface area contributed by atoms with E-state index in [1.54, 1.807) is 6.07 Å². The molecular weight excluding hydrogens is 304 g/mol. The summed E-state index contributed by atoms with van der Waals surface area (Å²) in [6.07, 6.45) is 4.06. The van der Waals surface area contributed by atoms with Crippen molar-refractivity contribution >= 4 is 17.5 Å². The van der Waals surface area contributed by atoms with E-state index in [0.29, 0.717) is 11.4 Å². The Morgan fingerprint density at radius 3 is 2.75 bits per heavy atom. The van der Waals surface area contributed by atoms with Gasteiger partial charge in [0.1, 0.15) is 12.2 Å². The maximum atomic E-state index is 12.5. The minimum atomic E-state index is -0.291. The summed E-state index contributed by atoms with van der Waals surface area (Å²) in [4.78, 5) is 26.6. The molecule has 1 N–H and O–H groups in total. The lowest BCUT2D eigenvalue weighted by atomic mass is 9.99. The molecule has 5 heteroatoms. The zero-order valence-electron chi connectivity index (χ0n) is 14.9. The monoisotopic (exact) mass is 332 g/mol. The molecule has 0 spiro atoms. The smallest absolute Gasteiger partial charge is 0.233 e. The fourth-order valence-corrected chi connectivity index (χ4v) is 3.11. The van der Waals surface area contributed by atoms with E-state index < -0.39 is 0 Å². The highest BCUT2D eigenvalue weighted by Gasteiger charge is 2.26.